The maximum atomic E-state index is 10.4. The predicted molar refractivity (Wildman–Crippen MR) is 49.9 cm³/mol. The summed E-state index contributed by atoms with van der Waals surface area (Å²) in [7, 11) is 1.54. The number of carboxylic acid groups (broad SMARTS) is 1. The van der Waals surface area contributed by atoms with Crippen molar-refractivity contribution < 1.29 is 14.6 Å². The van der Waals surface area contributed by atoms with Crippen molar-refractivity contribution >= 4 is 23.3 Å². The lowest BCUT2D eigenvalue weighted by Crippen LogP contribution is -1.95. The number of carboxylic acids is 1. The molecule has 0 atom stereocenters. The highest BCUT2D eigenvalue weighted by Gasteiger charge is 2.00. The fourth-order valence-electron chi connectivity index (χ4n) is 0.734. The Morgan fingerprint density at radius 1 is 1.33 bits per heavy atom. The van der Waals surface area contributed by atoms with Crippen molar-refractivity contribution in [1.82, 2.24) is 0 Å². The highest BCUT2D eigenvalue weighted by atomic mass is 27.0. The van der Waals surface area contributed by atoms with Crippen LogP contribution in [0.1, 0.15) is 10.4 Å². The van der Waals surface area contributed by atoms with Gasteiger partial charge in [-0.3, -0.25) is 0 Å². The lowest BCUT2D eigenvalue weighted by atomic mass is 10.2. The van der Waals surface area contributed by atoms with Gasteiger partial charge in [-0.25, -0.2) is 4.79 Å². The van der Waals surface area contributed by atoms with E-state index in [2.05, 4.69) is 0 Å². The molecule has 64 valence electrons. The Morgan fingerprint density at radius 2 is 1.83 bits per heavy atom. The molecule has 0 aliphatic heterocycles. The maximum Gasteiger partial charge on any atom is 0.335 e. The van der Waals surface area contributed by atoms with Gasteiger partial charge >= 0.3 is 5.97 Å². The first-order valence-corrected chi connectivity index (χ1v) is 3.11. The first kappa shape index (κ1) is 11.0. The molecule has 0 spiro atoms. The molecule has 0 aliphatic carbocycles. The summed E-state index contributed by atoms with van der Waals surface area (Å²) in [4.78, 5) is 10.4. The van der Waals surface area contributed by atoms with Crippen LogP contribution in [-0.4, -0.2) is 35.5 Å². The molecule has 0 unspecified atom stereocenters. The van der Waals surface area contributed by atoms with E-state index in [0.717, 1.165) is 0 Å². The molecule has 12 heavy (non-hydrogen) atoms. The van der Waals surface area contributed by atoms with E-state index in [9.17, 15) is 4.79 Å². The van der Waals surface area contributed by atoms with Crippen LogP contribution in [0.25, 0.3) is 0 Å². The fourth-order valence-corrected chi connectivity index (χ4v) is 0.734. The average molecular weight is 182 g/mol. The third kappa shape index (κ3) is 2.57. The molecule has 0 amide bonds. The molecule has 3 nitrogen and oxygen atoms in total. The van der Waals surface area contributed by atoms with Gasteiger partial charge in [-0.05, 0) is 24.3 Å². The monoisotopic (exact) mass is 182 g/mol. The zero-order valence-corrected chi connectivity index (χ0v) is 6.07. The summed E-state index contributed by atoms with van der Waals surface area (Å²) >= 11 is 0. The lowest BCUT2D eigenvalue weighted by molar-refractivity contribution is 0.0697. The van der Waals surface area contributed by atoms with Crippen molar-refractivity contribution in [3.63, 3.8) is 0 Å². The first-order chi connectivity index (χ1) is 5.24. The van der Waals surface area contributed by atoms with Gasteiger partial charge < -0.3 is 9.84 Å². The summed E-state index contributed by atoms with van der Waals surface area (Å²) in [6, 6.07) is 6.23. The molecule has 0 fully saturated rings. The summed E-state index contributed by atoms with van der Waals surface area (Å²) in [5.74, 6) is -0.261. The molecule has 0 saturated carbocycles. The van der Waals surface area contributed by atoms with E-state index in [-0.39, 0.29) is 22.9 Å². The number of carbonyl (C=O) groups is 1. The van der Waals surface area contributed by atoms with Gasteiger partial charge in [-0.1, -0.05) is 0 Å². The minimum atomic E-state index is -0.923. The number of benzene rings is 1. The quantitative estimate of drug-likeness (QED) is 0.665. The van der Waals surface area contributed by atoms with E-state index in [0.29, 0.717) is 5.75 Å². The van der Waals surface area contributed by atoms with Crippen molar-refractivity contribution in [2.45, 2.75) is 0 Å². The second-order valence-electron chi connectivity index (χ2n) is 2.03. The van der Waals surface area contributed by atoms with Gasteiger partial charge in [-0.15, -0.1) is 0 Å². The molecule has 0 radical (unpaired) electrons. The molecule has 0 heterocycles. The number of aromatic carboxylic acids is 1. The molecular weight excluding hydrogens is 171 g/mol. The Bertz CT molecular complexity index is 256. The van der Waals surface area contributed by atoms with E-state index in [4.69, 9.17) is 9.84 Å². The number of ether oxygens (including phenoxy) is 1. The Hall–Kier alpha value is -0.978. The normalized spacial score (nSPS) is 8.42. The van der Waals surface area contributed by atoms with Gasteiger partial charge in [-0.2, -0.15) is 0 Å². The van der Waals surface area contributed by atoms with Gasteiger partial charge in [0.2, 0.25) is 0 Å². The molecule has 1 N–H and O–H groups in total. The number of methoxy groups -OCH3 is 1. The molecule has 0 aromatic heterocycles. The van der Waals surface area contributed by atoms with Crippen LogP contribution in [0, 0.1) is 0 Å². The standard InChI is InChI=1S/C8H8O3.Al.3H/c1-11-7-4-2-6(3-5-7)8(9)10;;;;/h2-5H,1H3,(H,9,10);;;;. The van der Waals surface area contributed by atoms with Gasteiger partial charge in [0.1, 0.15) is 5.75 Å². The molecular formula is C8H11AlO3. The van der Waals surface area contributed by atoms with Crippen LogP contribution >= 0.6 is 0 Å². The molecule has 4 heteroatoms. The second kappa shape index (κ2) is 4.81. The van der Waals surface area contributed by atoms with Gasteiger partial charge in [0.05, 0.1) is 12.7 Å². The van der Waals surface area contributed by atoms with Crippen LogP contribution < -0.4 is 4.74 Å². The van der Waals surface area contributed by atoms with E-state index >= 15 is 0 Å². The summed E-state index contributed by atoms with van der Waals surface area (Å²) < 4.78 is 4.86. The average Bonchev–Trinajstić information content (AvgIpc) is 2.05. The van der Waals surface area contributed by atoms with Crippen molar-refractivity contribution in [2.24, 2.45) is 0 Å². The summed E-state index contributed by atoms with van der Waals surface area (Å²) in [5.41, 5.74) is 0.269. The largest absolute Gasteiger partial charge is 0.497 e. The third-order valence-corrected chi connectivity index (χ3v) is 1.34. The van der Waals surface area contributed by atoms with Crippen molar-refractivity contribution in [2.75, 3.05) is 7.11 Å². The highest BCUT2D eigenvalue weighted by molar-refractivity contribution is 5.87. The topological polar surface area (TPSA) is 46.5 Å². The Balaban J connectivity index is 0.00000121. The van der Waals surface area contributed by atoms with Gasteiger partial charge in [0.25, 0.3) is 0 Å². The SMILES string of the molecule is COc1ccc(C(=O)O)cc1.[AlH3]. The van der Waals surface area contributed by atoms with Crippen molar-refractivity contribution in [3.05, 3.63) is 29.8 Å². The number of hydrogen-bond donors (Lipinski definition) is 1. The minimum Gasteiger partial charge on any atom is -0.497 e. The molecule has 0 aliphatic rings. The van der Waals surface area contributed by atoms with E-state index in [1.165, 1.54) is 19.2 Å². The highest BCUT2D eigenvalue weighted by Crippen LogP contribution is 2.10. The Morgan fingerprint density at radius 3 is 2.17 bits per heavy atom. The Kier molecular flexibility index (Phi) is 4.42. The molecule has 0 saturated heterocycles. The van der Waals surface area contributed by atoms with Crippen LogP contribution in [0.15, 0.2) is 24.3 Å². The van der Waals surface area contributed by atoms with Crippen molar-refractivity contribution in [1.29, 1.82) is 0 Å². The molecule has 1 aromatic carbocycles. The zero-order chi connectivity index (χ0) is 8.27. The van der Waals surface area contributed by atoms with Crippen molar-refractivity contribution in [3.8, 4) is 5.75 Å². The van der Waals surface area contributed by atoms with Crippen LogP contribution in [0.3, 0.4) is 0 Å². The number of rotatable bonds is 2. The summed E-state index contributed by atoms with van der Waals surface area (Å²) in [6.07, 6.45) is 0. The van der Waals surface area contributed by atoms with Crippen LogP contribution in [0.5, 0.6) is 5.75 Å². The van der Waals surface area contributed by atoms with E-state index < -0.39 is 5.97 Å². The van der Waals surface area contributed by atoms with Crippen LogP contribution in [-0.2, 0) is 0 Å². The zero-order valence-electron chi connectivity index (χ0n) is 6.07. The first-order valence-electron chi connectivity index (χ1n) is 3.11. The summed E-state index contributed by atoms with van der Waals surface area (Å²) in [6.45, 7) is 0. The lowest BCUT2D eigenvalue weighted by Gasteiger charge is -1.98. The third-order valence-electron chi connectivity index (χ3n) is 1.34. The second-order valence-corrected chi connectivity index (χ2v) is 2.03. The Labute approximate surface area is 81.1 Å². The predicted octanol–water partition coefficient (Wildman–Crippen LogP) is 0.209. The van der Waals surface area contributed by atoms with E-state index in [1.807, 2.05) is 0 Å². The minimum absolute atomic E-state index is 0. The fraction of sp³-hybridized carbons (Fsp3) is 0.125. The summed E-state index contributed by atoms with van der Waals surface area (Å²) in [5, 5.41) is 8.51. The molecule has 1 rings (SSSR count). The van der Waals surface area contributed by atoms with Gasteiger partial charge in [0, 0.05) is 0 Å². The van der Waals surface area contributed by atoms with Gasteiger partial charge in [0.15, 0.2) is 17.4 Å². The number of hydrogen-bond acceptors (Lipinski definition) is 2. The van der Waals surface area contributed by atoms with Crippen LogP contribution in [0.2, 0.25) is 0 Å². The smallest absolute Gasteiger partial charge is 0.335 e. The molecule has 0 bridgehead atoms. The molecule has 1 aromatic rings. The maximum absolute atomic E-state index is 10.4. The van der Waals surface area contributed by atoms with Crippen LogP contribution in [0.4, 0.5) is 0 Å². The van der Waals surface area contributed by atoms with E-state index in [1.54, 1.807) is 12.1 Å².